The van der Waals surface area contributed by atoms with Gasteiger partial charge in [-0.3, -0.25) is 9.59 Å². The monoisotopic (exact) mass is 300 g/mol. The van der Waals surface area contributed by atoms with Gasteiger partial charge in [-0.15, -0.1) is 0 Å². The molecule has 5 heteroatoms. The molecule has 0 bridgehead atoms. The van der Waals surface area contributed by atoms with Gasteiger partial charge in [0.2, 0.25) is 0 Å². The molecule has 2 rings (SSSR count). The lowest BCUT2D eigenvalue weighted by Crippen LogP contribution is -2.19. The van der Waals surface area contributed by atoms with E-state index in [1.807, 2.05) is 0 Å². The SMILES string of the molecule is CC(=O)/C(=C\c1ccc(Cl)cc1)C(=O)Nc1ccccn1. The second-order valence-corrected chi connectivity index (χ2v) is 4.77. The number of amides is 1. The molecule has 0 saturated heterocycles. The number of carbonyl (C=O) groups excluding carboxylic acids is 2. The lowest BCUT2D eigenvalue weighted by atomic mass is 10.1. The molecule has 1 amide bonds. The van der Waals surface area contributed by atoms with Crippen LogP contribution in [0.1, 0.15) is 12.5 Å². The van der Waals surface area contributed by atoms with E-state index in [1.165, 1.54) is 13.0 Å². The summed E-state index contributed by atoms with van der Waals surface area (Å²) in [7, 11) is 0. The van der Waals surface area contributed by atoms with Gasteiger partial charge in [-0.2, -0.15) is 0 Å². The quantitative estimate of drug-likeness (QED) is 0.535. The molecule has 4 nitrogen and oxygen atoms in total. The van der Waals surface area contributed by atoms with Gasteiger partial charge in [-0.05, 0) is 42.8 Å². The zero-order chi connectivity index (χ0) is 15.2. The van der Waals surface area contributed by atoms with Crippen LogP contribution >= 0.6 is 11.6 Å². The van der Waals surface area contributed by atoms with E-state index >= 15 is 0 Å². The Balaban J connectivity index is 2.24. The first kappa shape index (κ1) is 14.9. The Morgan fingerprint density at radius 3 is 2.43 bits per heavy atom. The summed E-state index contributed by atoms with van der Waals surface area (Å²) in [6.07, 6.45) is 3.09. The summed E-state index contributed by atoms with van der Waals surface area (Å²) < 4.78 is 0. The molecule has 21 heavy (non-hydrogen) atoms. The smallest absolute Gasteiger partial charge is 0.260 e. The van der Waals surface area contributed by atoms with Crippen LogP contribution in [-0.4, -0.2) is 16.7 Å². The van der Waals surface area contributed by atoms with Gasteiger partial charge in [0, 0.05) is 11.2 Å². The summed E-state index contributed by atoms with van der Waals surface area (Å²) in [5, 5.41) is 3.18. The van der Waals surface area contributed by atoms with Crippen LogP contribution in [0.15, 0.2) is 54.2 Å². The van der Waals surface area contributed by atoms with Gasteiger partial charge < -0.3 is 5.32 Å². The van der Waals surface area contributed by atoms with E-state index in [0.29, 0.717) is 10.8 Å². The fourth-order valence-corrected chi connectivity index (χ4v) is 1.80. The largest absolute Gasteiger partial charge is 0.306 e. The number of pyridine rings is 1. The Morgan fingerprint density at radius 1 is 1.14 bits per heavy atom. The van der Waals surface area contributed by atoms with Crippen LogP contribution < -0.4 is 5.32 Å². The highest BCUT2D eigenvalue weighted by Crippen LogP contribution is 2.14. The molecule has 1 N–H and O–H groups in total. The summed E-state index contributed by atoms with van der Waals surface area (Å²) in [5.74, 6) is -0.416. The molecule has 0 saturated carbocycles. The average Bonchev–Trinajstić information content (AvgIpc) is 2.47. The number of anilines is 1. The van der Waals surface area contributed by atoms with Gasteiger partial charge in [-0.25, -0.2) is 4.98 Å². The molecule has 0 fully saturated rings. The fraction of sp³-hybridized carbons (Fsp3) is 0.0625. The molecule has 0 spiro atoms. The second-order valence-electron chi connectivity index (χ2n) is 4.33. The fourth-order valence-electron chi connectivity index (χ4n) is 1.67. The topological polar surface area (TPSA) is 59.1 Å². The number of nitrogens with one attached hydrogen (secondary N) is 1. The van der Waals surface area contributed by atoms with E-state index in [4.69, 9.17) is 11.6 Å². The van der Waals surface area contributed by atoms with Crippen LogP contribution in [0.3, 0.4) is 0 Å². The number of hydrogen-bond acceptors (Lipinski definition) is 3. The Kier molecular flexibility index (Phi) is 4.85. The highest BCUT2D eigenvalue weighted by atomic mass is 35.5. The summed E-state index contributed by atoms with van der Waals surface area (Å²) in [6.45, 7) is 1.35. The third-order valence-electron chi connectivity index (χ3n) is 2.71. The van der Waals surface area contributed by atoms with E-state index in [2.05, 4.69) is 10.3 Å². The number of benzene rings is 1. The van der Waals surface area contributed by atoms with Crippen LogP contribution in [0, 0.1) is 0 Å². The maximum Gasteiger partial charge on any atom is 0.260 e. The summed E-state index contributed by atoms with van der Waals surface area (Å²) in [6, 6.07) is 12.0. The van der Waals surface area contributed by atoms with E-state index in [9.17, 15) is 9.59 Å². The molecule has 0 aliphatic rings. The molecule has 2 aromatic rings. The standard InChI is InChI=1S/C16H13ClN2O2/c1-11(20)14(10-12-5-7-13(17)8-6-12)16(21)19-15-4-2-3-9-18-15/h2-10H,1H3,(H,18,19,21)/b14-10+. The molecular formula is C16H13ClN2O2. The van der Waals surface area contributed by atoms with Crippen LogP contribution in [0.4, 0.5) is 5.82 Å². The third-order valence-corrected chi connectivity index (χ3v) is 2.96. The number of ketones is 1. The molecule has 0 unspecified atom stereocenters. The number of carbonyl (C=O) groups is 2. The molecule has 106 valence electrons. The molecule has 1 aromatic heterocycles. The van der Waals surface area contributed by atoms with Gasteiger partial charge in [-0.1, -0.05) is 29.8 Å². The molecule has 1 aromatic carbocycles. The maximum atomic E-state index is 12.2. The van der Waals surface area contributed by atoms with Crippen molar-refractivity contribution in [3.8, 4) is 0 Å². The third kappa shape index (κ3) is 4.26. The second kappa shape index (κ2) is 6.81. The predicted molar refractivity (Wildman–Crippen MR) is 83.0 cm³/mol. The lowest BCUT2D eigenvalue weighted by Gasteiger charge is -2.06. The molecule has 0 aliphatic heterocycles. The minimum atomic E-state index is -0.490. The van der Waals surface area contributed by atoms with E-state index in [0.717, 1.165) is 5.56 Å². The van der Waals surface area contributed by atoms with Crippen molar-refractivity contribution in [1.82, 2.24) is 4.98 Å². The first-order valence-electron chi connectivity index (χ1n) is 6.27. The minimum Gasteiger partial charge on any atom is -0.306 e. The molecule has 1 heterocycles. The highest BCUT2D eigenvalue weighted by molar-refractivity contribution is 6.30. The van der Waals surface area contributed by atoms with Crippen LogP contribution in [-0.2, 0) is 9.59 Å². The van der Waals surface area contributed by atoms with Gasteiger partial charge in [0.1, 0.15) is 5.82 Å². The van der Waals surface area contributed by atoms with Crippen molar-refractivity contribution < 1.29 is 9.59 Å². The van der Waals surface area contributed by atoms with Crippen molar-refractivity contribution in [2.45, 2.75) is 6.92 Å². The zero-order valence-electron chi connectivity index (χ0n) is 11.3. The molecule has 0 atom stereocenters. The normalized spacial score (nSPS) is 11.0. The highest BCUT2D eigenvalue weighted by Gasteiger charge is 2.15. The van der Waals surface area contributed by atoms with Crippen molar-refractivity contribution in [3.05, 3.63) is 64.8 Å². The zero-order valence-corrected chi connectivity index (χ0v) is 12.1. The number of rotatable bonds is 4. The van der Waals surface area contributed by atoms with E-state index in [-0.39, 0.29) is 11.4 Å². The molecule has 0 aliphatic carbocycles. The number of halogens is 1. The number of Topliss-reactive ketones (excluding diaryl/α,β-unsaturated/α-hetero) is 1. The Morgan fingerprint density at radius 2 is 1.86 bits per heavy atom. The Hall–Kier alpha value is -2.46. The van der Waals surface area contributed by atoms with Crippen molar-refractivity contribution in [1.29, 1.82) is 0 Å². The Bertz CT molecular complexity index is 679. The van der Waals surface area contributed by atoms with Crippen molar-refractivity contribution >= 4 is 35.2 Å². The first-order valence-corrected chi connectivity index (χ1v) is 6.64. The van der Waals surface area contributed by atoms with Crippen molar-refractivity contribution in [2.75, 3.05) is 5.32 Å². The van der Waals surface area contributed by atoms with Crippen molar-refractivity contribution in [2.24, 2.45) is 0 Å². The number of nitrogens with zero attached hydrogens (tertiary/aromatic N) is 1. The maximum absolute atomic E-state index is 12.2. The average molecular weight is 301 g/mol. The number of aromatic nitrogens is 1. The molecular weight excluding hydrogens is 288 g/mol. The van der Waals surface area contributed by atoms with E-state index in [1.54, 1.807) is 48.7 Å². The van der Waals surface area contributed by atoms with Crippen molar-refractivity contribution in [3.63, 3.8) is 0 Å². The number of hydrogen-bond donors (Lipinski definition) is 1. The lowest BCUT2D eigenvalue weighted by molar-refractivity contribution is -0.118. The Labute approximate surface area is 127 Å². The van der Waals surface area contributed by atoms with Crippen LogP contribution in [0.5, 0.6) is 0 Å². The predicted octanol–water partition coefficient (Wildman–Crippen LogP) is 3.35. The first-order chi connectivity index (χ1) is 10.1. The van der Waals surface area contributed by atoms with Crippen LogP contribution in [0.2, 0.25) is 5.02 Å². The van der Waals surface area contributed by atoms with Gasteiger partial charge >= 0.3 is 0 Å². The summed E-state index contributed by atoms with van der Waals surface area (Å²) in [4.78, 5) is 27.8. The molecule has 0 radical (unpaired) electrons. The van der Waals surface area contributed by atoms with Gasteiger partial charge in [0.25, 0.3) is 5.91 Å². The van der Waals surface area contributed by atoms with E-state index < -0.39 is 5.91 Å². The minimum absolute atomic E-state index is 0.0583. The summed E-state index contributed by atoms with van der Waals surface area (Å²) in [5.41, 5.74) is 0.781. The van der Waals surface area contributed by atoms with Crippen LogP contribution in [0.25, 0.3) is 6.08 Å². The van der Waals surface area contributed by atoms with Gasteiger partial charge in [0.15, 0.2) is 5.78 Å². The summed E-state index contributed by atoms with van der Waals surface area (Å²) >= 11 is 5.81. The van der Waals surface area contributed by atoms with Gasteiger partial charge in [0.05, 0.1) is 5.57 Å².